The molecule has 0 amide bonds. The lowest BCUT2D eigenvalue weighted by atomic mass is 10.2. The van der Waals surface area contributed by atoms with Crippen LogP contribution < -0.4 is 4.90 Å². The van der Waals surface area contributed by atoms with E-state index in [1.54, 1.807) is 12.3 Å². The first-order chi connectivity index (χ1) is 8.50. The molecule has 0 aliphatic carbocycles. The van der Waals surface area contributed by atoms with Crippen molar-refractivity contribution in [1.82, 2.24) is 4.57 Å². The summed E-state index contributed by atoms with van der Waals surface area (Å²) in [6.45, 7) is 1.81. The number of anilines is 1. The first-order valence-corrected chi connectivity index (χ1v) is 5.69. The van der Waals surface area contributed by atoms with Gasteiger partial charge in [-0.25, -0.2) is 4.79 Å². The third-order valence-electron chi connectivity index (χ3n) is 3.02. The monoisotopic (exact) mass is 244 g/mol. The van der Waals surface area contributed by atoms with E-state index < -0.39 is 5.97 Å². The van der Waals surface area contributed by atoms with Gasteiger partial charge in [-0.05, 0) is 37.3 Å². The van der Waals surface area contributed by atoms with E-state index in [0.717, 1.165) is 17.1 Å². The van der Waals surface area contributed by atoms with Gasteiger partial charge >= 0.3 is 5.97 Å². The van der Waals surface area contributed by atoms with E-state index in [1.165, 1.54) is 0 Å². The molecule has 1 heterocycles. The number of rotatable bonds is 3. The molecule has 0 saturated heterocycles. The van der Waals surface area contributed by atoms with Crippen LogP contribution in [0.5, 0.6) is 0 Å². The Morgan fingerprint density at radius 3 is 2.22 bits per heavy atom. The Morgan fingerprint density at radius 2 is 1.78 bits per heavy atom. The maximum absolute atomic E-state index is 11.0. The molecule has 0 saturated carbocycles. The number of benzene rings is 1. The normalized spacial score (nSPS) is 10.4. The van der Waals surface area contributed by atoms with Crippen LogP contribution in [-0.2, 0) is 0 Å². The van der Waals surface area contributed by atoms with Crippen LogP contribution in [0.25, 0.3) is 5.69 Å². The highest BCUT2D eigenvalue weighted by atomic mass is 16.4. The van der Waals surface area contributed by atoms with Crippen molar-refractivity contribution in [3.63, 3.8) is 0 Å². The summed E-state index contributed by atoms with van der Waals surface area (Å²) in [4.78, 5) is 13.0. The standard InChI is InChI=1S/C14H16N2O2/c1-10-13(14(17)18)8-9-16(10)12-6-4-11(5-7-12)15(2)3/h4-9H,1-3H3,(H,17,18). The van der Waals surface area contributed by atoms with Gasteiger partial charge in [0.05, 0.1) is 5.56 Å². The second kappa shape index (κ2) is 4.56. The molecule has 4 nitrogen and oxygen atoms in total. The summed E-state index contributed by atoms with van der Waals surface area (Å²) in [5, 5.41) is 9.02. The Labute approximate surface area is 106 Å². The lowest BCUT2D eigenvalue weighted by Gasteiger charge is -2.13. The number of carboxylic acid groups (broad SMARTS) is 1. The molecule has 0 fully saturated rings. The summed E-state index contributed by atoms with van der Waals surface area (Å²) in [5.41, 5.74) is 3.15. The first-order valence-electron chi connectivity index (χ1n) is 5.69. The molecule has 1 aromatic heterocycles. The Balaban J connectivity index is 2.40. The largest absolute Gasteiger partial charge is 0.478 e. The van der Waals surface area contributed by atoms with Gasteiger partial charge in [-0.1, -0.05) is 0 Å². The molecule has 0 unspecified atom stereocenters. The zero-order valence-electron chi connectivity index (χ0n) is 10.7. The van der Waals surface area contributed by atoms with Crippen LogP contribution in [0, 0.1) is 6.92 Å². The molecule has 0 spiro atoms. The summed E-state index contributed by atoms with van der Waals surface area (Å²) >= 11 is 0. The molecule has 2 aromatic rings. The summed E-state index contributed by atoms with van der Waals surface area (Å²) in [5.74, 6) is -0.892. The molecule has 0 aliphatic rings. The smallest absolute Gasteiger partial charge is 0.337 e. The minimum atomic E-state index is -0.892. The SMILES string of the molecule is Cc1c(C(=O)O)ccn1-c1ccc(N(C)C)cc1. The van der Waals surface area contributed by atoms with Crippen molar-refractivity contribution in [2.75, 3.05) is 19.0 Å². The second-order valence-electron chi connectivity index (χ2n) is 4.40. The minimum Gasteiger partial charge on any atom is -0.478 e. The van der Waals surface area contributed by atoms with Gasteiger partial charge in [-0.15, -0.1) is 0 Å². The number of aromatic carboxylic acids is 1. The molecular formula is C14H16N2O2. The molecular weight excluding hydrogens is 228 g/mol. The molecule has 0 atom stereocenters. The van der Waals surface area contributed by atoms with E-state index in [4.69, 9.17) is 5.11 Å². The topological polar surface area (TPSA) is 45.5 Å². The van der Waals surface area contributed by atoms with Crippen molar-refractivity contribution < 1.29 is 9.90 Å². The Kier molecular flexibility index (Phi) is 3.10. The fourth-order valence-electron chi connectivity index (χ4n) is 1.93. The molecule has 4 heteroatoms. The fraction of sp³-hybridized carbons (Fsp3) is 0.214. The van der Waals surface area contributed by atoms with E-state index in [0.29, 0.717) is 5.56 Å². The van der Waals surface area contributed by atoms with Gasteiger partial charge in [0.1, 0.15) is 0 Å². The molecule has 94 valence electrons. The van der Waals surface area contributed by atoms with Crippen molar-refractivity contribution in [2.24, 2.45) is 0 Å². The van der Waals surface area contributed by atoms with Crippen molar-refractivity contribution in [1.29, 1.82) is 0 Å². The molecule has 1 aromatic carbocycles. The zero-order chi connectivity index (χ0) is 13.3. The number of nitrogens with zero attached hydrogens (tertiary/aromatic N) is 2. The van der Waals surface area contributed by atoms with Crippen LogP contribution in [0.2, 0.25) is 0 Å². The summed E-state index contributed by atoms with van der Waals surface area (Å²) < 4.78 is 1.88. The Bertz CT molecular complexity index is 568. The summed E-state index contributed by atoms with van der Waals surface area (Å²) in [7, 11) is 3.97. The molecule has 18 heavy (non-hydrogen) atoms. The van der Waals surface area contributed by atoms with E-state index in [9.17, 15) is 4.79 Å². The molecule has 1 N–H and O–H groups in total. The van der Waals surface area contributed by atoms with E-state index in [1.807, 2.05) is 54.8 Å². The van der Waals surface area contributed by atoms with Gasteiger partial charge in [0.25, 0.3) is 0 Å². The van der Waals surface area contributed by atoms with Crippen LogP contribution in [0.1, 0.15) is 16.1 Å². The van der Waals surface area contributed by atoms with Gasteiger partial charge < -0.3 is 14.6 Å². The van der Waals surface area contributed by atoms with Gasteiger partial charge in [-0.2, -0.15) is 0 Å². The predicted octanol–water partition coefficient (Wildman–Crippen LogP) is 2.55. The van der Waals surface area contributed by atoms with Gasteiger partial charge in [0, 0.05) is 37.4 Å². The quantitative estimate of drug-likeness (QED) is 0.902. The molecule has 0 aliphatic heterocycles. The highest BCUT2D eigenvalue weighted by Crippen LogP contribution is 2.19. The van der Waals surface area contributed by atoms with Crippen molar-refractivity contribution in [3.05, 3.63) is 47.8 Å². The Hall–Kier alpha value is -2.23. The molecule has 0 radical (unpaired) electrons. The third kappa shape index (κ3) is 2.09. The summed E-state index contributed by atoms with van der Waals surface area (Å²) in [6, 6.07) is 9.60. The van der Waals surface area contributed by atoms with E-state index in [-0.39, 0.29) is 0 Å². The lowest BCUT2D eigenvalue weighted by molar-refractivity contribution is 0.0696. The number of carboxylic acids is 1. The number of carbonyl (C=O) groups is 1. The molecule has 0 bridgehead atoms. The van der Waals surface area contributed by atoms with Crippen molar-refractivity contribution in [2.45, 2.75) is 6.92 Å². The van der Waals surface area contributed by atoms with Crippen LogP contribution >= 0.6 is 0 Å². The number of hydrogen-bond donors (Lipinski definition) is 1. The van der Waals surface area contributed by atoms with Crippen LogP contribution in [-0.4, -0.2) is 29.7 Å². The maximum Gasteiger partial charge on any atom is 0.337 e. The van der Waals surface area contributed by atoms with Gasteiger partial charge in [0.15, 0.2) is 0 Å². The lowest BCUT2D eigenvalue weighted by Crippen LogP contribution is -2.08. The fourth-order valence-corrected chi connectivity index (χ4v) is 1.93. The van der Waals surface area contributed by atoms with E-state index >= 15 is 0 Å². The van der Waals surface area contributed by atoms with Crippen LogP contribution in [0.4, 0.5) is 5.69 Å². The highest BCUT2D eigenvalue weighted by Gasteiger charge is 2.11. The first kappa shape index (κ1) is 12.2. The average Bonchev–Trinajstić information content (AvgIpc) is 2.71. The van der Waals surface area contributed by atoms with E-state index in [2.05, 4.69) is 0 Å². The van der Waals surface area contributed by atoms with Gasteiger partial charge in [-0.3, -0.25) is 0 Å². The second-order valence-corrected chi connectivity index (χ2v) is 4.40. The average molecular weight is 244 g/mol. The number of hydrogen-bond acceptors (Lipinski definition) is 2. The molecule has 2 rings (SSSR count). The number of aromatic nitrogens is 1. The van der Waals surface area contributed by atoms with Crippen molar-refractivity contribution >= 4 is 11.7 Å². The zero-order valence-corrected chi connectivity index (χ0v) is 10.7. The Morgan fingerprint density at radius 1 is 1.17 bits per heavy atom. The van der Waals surface area contributed by atoms with Crippen molar-refractivity contribution in [3.8, 4) is 5.69 Å². The van der Waals surface area contributed by atoms with Gasteiger partial charge in [0.2, 0.25) is 0 Å². The minimum absolute atomic E-state index is 0.340. The van der Waals surface area contributed by atoms with Crippen LogP contribution in [0.3, 0.4) is 0 Å². The third-order valence-corrected chi connectivity index (χ3v) is 3.02. The summed E-state index contributed by atoms with van der Waals surface area (Å²) in [6.07, 6.45) is 1.78. The predicted molar refractivity (Wildman–Crippen MR) is 71.8 cm³/mol. The van der Waals surface area contributed by atoms with Crippen LogP contribution in [0.15, 0.2) is 36.5 Å². The maximum atomic E-state index is 11.0. The highest BCUT2D eigenvalue weighted by molar-refractivity contribution is 5.89.